The number of hydrogen-bond donors (Lipinski definition) is 1. The van der Waals surface area contributed by atoms with Crippen molar-refractivity contribution in [2.24, 2.45) is 0 Å². The zero-order valence-electron chi connectivity index (χ0n) is 11.1. The van der Waals surface area contributed by atoms with Gasteiger partial charge in [-0.15, -0.1) is 0 Å². The van der Waals surface area contributed by atoms with Gasteiger partial charge in [-0.1, -0.05) is 0 Å². The molecular formula is C14H17N3O. The first kappa shape index (κ1) is 12.5. The van der Waals surface area contributed by atoms with Gasteiger partial charge in [0.2, 0.25) is 0 Å². The van der Waals surface area contributed by atoms with Crippen LogP contribution in [0.3, 0.4) is 0 Å². The molecule has 1 amide bonds. The molecular weight excluding hydrogens is 226 g/mol. The van der Waals surface area contributed by atoms with E-state index in [1.54, 1.807) is 12.1 Å². The summed E-state index contributed by atoms with van der Waals surface area (Å²) in [7, 11) is 0. The lowest BCUT2D eigenvalue weighted by atomic mass is 10.1. The lowest BCUT2D eigenvalue weighted by molar-refractivity contribution is 0.0943. The van der Waals surface area contributed by atoms with E-state index in [9.17, 15) is 4.79 Å². The van der Waals surface area contributed by atoms with E-state index in [-0.39, 0.29) is 11.9 Å². The number of hydrogen-bond acceptors (Lipinski definition) is 3. The SMILES string of the molecule is Cc1nc2ccc(C(=O)NC(C)C)cc2nc1C. The molecule has 1 aromatic heterocycles. The number of aryl methyl sites for hydroxylation is 2. The first-order valence-electron chi connectivity index (χ1n) is 6.03. The number of nitrogens with one attached hydrogen (secondary N) is 1. The minimum absolute atomic E-state index is 0.0769. The fourth-order valence-electron chi connectivity index (χ4n) is 1.72. The van der Waals surface area contributed by atoms with E-state index in [1.807, 2.05) is 33.8 Å². The number of carbonyl (C=O) groups excluding carboxylic acids is 1. The second-order valence-electron chi connectivity index (χ2n) is 4.73. The molecule has 0 radical (unpaired) electrons. The number of rotatable bonds is 2. The summed E-state index contributed by atoms with van der Waals surface area (Å²) in [5, 5.41) is 2.86. The summed E-state index contributed by atoms with van der Waals surface area (Å²) < 4.78 is 0. The van der Waals surface area contributed by atoms with Gasteiger partial charge >= 0.3 is 0 Å². The summed E-state index contributed by atoms with van der Waals surface area (Å²) in [6.07, 6.45) is 0. The second-order valence-corrected chi connectivity index (χ2v) is 4.73. The summed E-state index contributed by atoms with van der Waals surface area (Å²) in [5.74, 6) is -0.0769. The Morgan fingerprint density at radius 2 is 1.72 bits per heavy atom. The minimum Gasteiger partial charge on any atom is -0.350 e. The van der Waals surface area contributed by atoms with Crippen molar-refractivity contribution in [2.75, 3.05) is 0 Å². The molecule has 0 unspecified atom stereocenters. The zero-order valence-corrected chi connectivity index (χ0v) is 11.1. The molecule has 1 heterocycles. The van der Waals surface area contributed by atoms with Gasteiger partial charge in [-0.25, -0.2) is 9.97 Å². The highest BCUT2D eigenvalue weighted by Gasteiger charge is 2.09. The smallest absolute Gasteiger partial charge is 0.251 e. The fourth-order valence-corrected chi connectivity index (χ4v) is 1.72. The van der Waals surface area contributed by atoms with Gasteiger partial charge in [0.05, 0.1) is 22.4 Å². The van der Waals surface area contributed by atoms with Gasteiger partial charge in [0.25, 0.3) is 5.91 Å². The molecule has 2 aromatic rings. The normalized spacial score (nSPS) is 10.9. The number of amides is 1. The van der Waals surface area contributed by atoms with Crippen molar-refractivity contribution in [2.45, 2.75) is 33.7 Å². The predicted molar refractivity (Wildman–Crippen MR) is 71.6 cm³/mol. The minimum atomic E-state index is -0.0769. The van der Waals surface area contributed by atoms with E-state index < -0.39 is 0 Å². The summed E-state index contributed by atoms with van der Waals surface area (Å²) in [5.41, 5.74) is 4.01. The maximum absolute atomic E-state index is 11.9. The Bertz CT molecular complexity index is 605. The quantitative estimate of drug-likeness (QED) is 0.881. The molecule has 4 nitrogen and oxygen atoms in total. The third kappa shape index (κ3) is 2.47. The summed E-state index contributed by atoms with van der Waals surface area (Å²) in [6, 6.07) is 5.53. The predicted octanol–water partition coefficient (Wildman–Crippen LogP) is 2.38. The van der Waals surface area contributed by atoms with Gasteiger partial charge in [0.1, 0.15) is 0 Å². The van der Waals surface area contributed by atoms with Gasteiger partial charge in [0, 0.05) is 11.6 Å². The van der Waals surface area contributed by atoms with E-state index in [2.05, 4.69) is 15.3 Å². The summed E-state index contributed by atoms with van der Waals surface area (Å²) >= 11 is 0. The second kappa shape index (κ2) is 4.72. The highest BCUT2D eigenvalue weighted by atomic mass is 16.1. The van der Waals surface area contributed by atoms with Gasteiger partial charge in [-0.05, 0) is 45.9 Å². The van der Waals surface area contributed by atoms with E-state index >= 15 is 0 Å². The van der Waals surface area contributed by atoms with E-state index in [0.29, 0.717) is 5.56 Å². The number of fused-ring (bicyclic) bond motifs is 1. The van der Waals surface area contributed by atoms with E-state index in [4.69, 9.17) is 0 Å². The van der Waals surface area contributed by atoms with E-state index in [1.165, 1.54) is 0 Å². The van der Waals surface area contributed by atoms with Crippen molar-refractivity contribution in [1.82, 2.24) is 15.3 Å². The molecule has 0 aliphatic heterocycles. The molecule has 1 N–H and O–H groups in total. The van der Waals surface area contributed by atoms with Crippen LogP contribution in [0.5, 0.6) is 0 Å². The molecule has 0 atom stereocenters. The molecule has 0 aliphatic rings. The van der Waals surface area contributed by atoms with Crippen LogP contribution in [-0.4, -0.2) is 21.9 Å². The third-order valence-electron chi connectivity index (χ3n) is 2.76. The van der Waals surface area contributed by atoms with Crippen molar-refractivity contribution in [3.8, 4) is 0 Å². The molecule has 1 aromatic carbocycles. The average molecular weight is 243 g/mol. The van der Waals surface area contributed by atoms with Crippen molar-refractivity contribution in [3.05, 3.63) is 35.2 Å². The summed E-state index contributed by atoms with van der Waals surface area (Å²) in [4.78, 5) is 20.8. The number of carbonyl (C=O) groups is 1. The highest BCUT2D eigenvalue weighted by Crippen LogP contribution is 2.14. The van der Waals surface area contributed by atoms with Crippen LogP contribution in [0.1, 0.15) is 35.6 Å². The van der Waals surface area contributed by atoms with Crippen LogP contribution in [0, 0.1) is 13.8 Å². The molecule has 0 spiro atoms. The summed E-state index contributed by atoms with van der Waals surface area (Å²) in [6.45, 7) is 7.72. The molecule has 0 saturated carbocycles. The van der Waals surface area contributed by atoms with Gasteiger partial charge in [-0.2, -0.15) is 0 Å². The van der Waals surface area contributed by atoms with Crippen molar-refractivity contribution in [3.63, 3.8) is 0 Å². The molecule has 18 heavy (non-hydrogen) atoms. The monoisotopic (exact) mass is 243 g/mol. The van der Waals surface area contributed by atoms with Gasteiger partial charge < -0.3 is 5.32 Å². The van der Waals surface area contributed by atoms with Crippen LogP contribution in [0.4, 0.5) is 0 Å². The molecule has 0 aliphatic carbocycles. The van der Waals surface area contributed by atoms with E-state index in [0.717, 1.165) is 22.4 Å². The Hall–Kier alpha value is -1.97. The van der Waals surface area contributed by atoms with Crippen LogP contribution in [-0.2, 0) is 0 Å². The first-order valence-corrected chi connectivity index (χ1v) is 6.03. The van der Waals surface area contributed by atoms with Gasteiger partial charge in [0.15, 0.2) is 0 Å². The van der Waals surface area contributed by atoms with Crippen molar-refractivity contribution < 1.29 is 4.79 Å². The molecule has 0 bridgehead atoms. The van der Waals surface area contributed by atoms with Crippen LogP contribution in [0.25, 0.3) is 11.0 Å². The Morgan fingerprint density at radius 3 is 2.33 bits per heavy atom. The topological polar surface area (TPSA) is 54.9 Å². The number of nitrogens with zero attached hydrogens (tertiary/aromatic N) is 2. The first-order chi connectivity index (χ1) is 8.47. The third-order valence-corrected chi connectivity index (χ3v) is 2.76. The number of benzene rings is 1. The van der Waals surface area contributed by atoms with Gasteiger partial charge in [-0.3, -0.25) is 4.79 Å². The van der Waals surface area contributed by atoms with Crippen LogP contribution >= 0.6 is 0 Å². The van der Waals surface area contributed by atoms with Crippen LogP contribution in [0.15, 0.2) is 18.2 Å². The fraction of sp³-hybridized carbons (Fsp3) is 0.357. The molecule has 0 fully saturated rings. The maximum atomic E-state index is 11.9. The highest BCUT2D eigenvalue weighted by molar-refractivity contribution is 5.97. The van der Waals surface area contributed by atoms with Crippen LogP contribution < -0.4 is 5.32 Å². The Labute approximate surface area is 106 Å². The Balaban J connectivity index is 2.44. The lowest BCUT2D eigenvalue weighted by Crippen LogP contribution is -2.30. The molecule has 4 heteroatoms. The van der Waals surface area contributed by atoms with Crippen LogP contribution in [0.2, 0.25) is 0 Å². The average Bonchev–Trinajstić information content (AvgIpc) is 2.29. The number of aromatic nitrogens is 2. The molecule has 94 valence electrons. The van der Waals surface area contributed by atoms with Crippen molar-refractivity contribution >= 4 is 16.9 Å². The molecule has 0 saturated heterocycles. The zero-order chi connectivity index (χ0) is 13.3. The lowest BCUT2D eigenvalue weighted by Gasteiger charge is -2.09. The standard InChI is InChI=1S/C14H17N3O/c1-8(2)15-14(18)11-5-6-12-13(7-11)17-10(4)9(3)16-12/h5-8H,1-4H3,(H,15,18). The largest absolute Gasteiger partial charge is 0.350 e. The van der Waals surface area contributed by atoms with Crippen molar-refractivity contribution in [1.29, 1.82) is 0 Å². The molecule has 2 rings (SSSR count). The maximum Gasteiger partial charge on any atom is 0.251 e. The Kier molecular flexibility index (Phi) is 3.28. The Morgan fingerprint density at radius 1 is 1.11 bits per heavy atom.